The van der Waals surface area contributed by atoms with Gasteiger partial charge in [0, 0.05) is 11.8 Å². The van der Waals surface area contributed by atoms with E-state index in [-0.39, 0.29) is 23.9 Å². The maximum atomic E-state index is 12.7. The summed E-state index contributed by atoms with van der Waals surface area (Å²) in [5, 5.41) is 11.4. The van der Waals surface area contributed by atoms with Gasteiger partial charge in [-0.15, -0.1) is 0 Å². The molecule has 32 heavy (non-hydrogen) atoms. The van der Waals surface area contributed by atoms with E-state index >= 15 is 0 Å². The van der Waals surface area contributed by atoms with E-state index in [4.69, 9.17) is 10.00 Å². The van der Waals surface area contributed by atoms with Crippen molar-refractivity contribution in [2.45, 2.75) is 32.5 Å². The standard InChI is InChI=1S/C26H27N3O3/c1-18(2)17-23(26(31)29-16-14-27)32-24(20-7-4-3-5-8-20)21-12-10-19(11-13-21)22-9-6-15-28-25(22)30/h3-13,15,18,23-24H,16-17H2,1-2H3,(H,28,30)(H,29,31)/t23-,24+/m0/s1. The second-order valence-electron chi connectivity index (χ2n) is 7.96. The van der Waals surface area contributed by atoms with Gasteiger partial charge in [-0.25, -0.2) is 0 Å². The highest BCUT2D eigenvalue weighted by atomic mass is 16.5. The number of aromatic nitrogens is 1. The predicted molar refractivity (Wildman–Crippen MR) is 124 cm³/mol. The molecule has 0 radical (unpaired) electrons. The van der Waals surface area contributed by atoms with Crippen molar-refractivity contribution in [2.24, 2.45) is 5.92 Å². The smallest absolute Gasteiger partial charge is 0.255 e. The quantitative estimate of drug-likeness (QED) is 0.498. The molecule has 0 saturated carbocycles. The molecule has 3 aromatic rings. The van der Waals surface area contributed by atoms with Crippen LogP contribution in [0, 0.1) is 17.2 Å². The van der Waals surface area contributed by atoms with Crippen molar-refractivity contribution in [1.82, 2.24) is 10.3 Å². The van der Waals surface area contributed by atoms with Gasteiger partial charge in [0.25, 0.3) is 5.56 Å². The number of carbonyl (C=O) groups excluding carboxylic acids is 1. The molecular weight excluding hydrogens is 402 g/mol. The van der Waals surface area contributed by atoms with E-state index in [0.717, 1.165) is 16.7 Å². The maximum absolute atomic E-state index is 12.7. The Hall–Kier alpha value is -3.69. The number of nitrogens with zero attached hydrogens (tertiary/aromatic N) is 1. The van der Waals surface area contributed by atoms with Gasteiger partial charge in [-0.2, -0.15) is 5.26 Å². The molecule has 0 aliphatic rings. The van der Waals surface area contributed by atoms with E-state index in [2.05, 4.69) is 10.3 Å². The lowest BCUT2D eigenvalue weighted by atomic mass is 9.97. The van der Waals surface area contributed by atoms with Gasteiger partial charge in [-0.1, -0.05) is 68.4 Å². The first-order valence-corrected chi connectivity index (χ1v) is 10.6. The minimum atomic E-state index is -0.704. The molecule has 6 nitrogen and oxygen atoms in total. The Kier molecular flexibility index (Phi) is 7.96. The molecule has 0 aliphatic carbocycles. The lowest BCUT2D eigenvalue weighted by molar-refractivity contribution is -0.136. The van der Waals surface area contributed by atoms with Crippen LogP contribution in [0.4, 0.5) is 0 Å². The number of benzene rings is 2. The van der Waals surface area contributed by atoms with Gasteiger partial charge in [-0.3, -0.25) is 9.59 Å². The minimum absolute atomic E-state index is 0.0624. The van der Waals surface area contributed by atoms with Gasteiger partial charge in [0.05, 0.1) is 6.07 Å². The topological polar surface area (TPSA) is 95.0 Å². The van der Waals surface area contributed by atoms with Crippen LogP contribution >= 0.6 is 0 Å². The molecule has 1 amide bonds. The summed E-state index contributed by atoms with van der Waals surface area (Å²) in [5.74, 6) is -0.0648. The molecular formula is C26H27N3O3. The van der Waals surface area contributed by atoms with Crippen molar-refractivity contribution >= 4 is 5.91 Å². The molecule has 0 saturated heterocycles. The number of nitrogens with one attached hydrogen (secondary N) is 2. The number of amides is 1. The molecule has 6 heteroatoms. The molecule has 1 aromatic heterocycles. The molecule has 2 N–H and O–H groups in total. The zero-order valence-corrected chi connectivity index (χ0v) is 18.2. The minimum Gasteiger partial charge on any atom is -0.356 e. The largest absolute Gasteiger partial charge is 0.356 e. The first-order valence-electron chi connectivity index (χ1n) is 10.6. The second kappa shape index (κ2) is 11.1. The first-order chi connectivity index (χ1) is 15.5. The van der Waals surface area contributed by atoms with Crippen molar-refractivity contribution in [2.75, 3.05) is 6.54 Å². The third kappa shape index (κ3) is 5.93. The third-order valence-corrected chi connectivity index (χ3v) is 5.06. The molecule has 2 aromatic carbocycles. The maximum Gasteiger partial charge on any atom is 0.255 e. The van der Waals surface area contributed by atoms with Gasteiger partial charge in [0.1, 0.15) is 18.8 Å². The molecule has 0 aliphatic heterocycles. The number of hydrogen-bond acceptors (Lipinski definition) is 4. The van der Waals surface area contributed by atoms with Crippen LogP contribution in [0.5, 0.6) is 0 Å². The first kappa shape index (κ1) is 23.0. The van der Waals surface area contributed by atoms with Crippen LogP contribution in [-0.2, 0) is 9.53 Å². The van der Waals surface area contributed by atoms with Crippen LogP contribution in [0.25, 0.3) is 11.1 Å². The highest BCUT2D eigenvalue weighted by Gasteiger charge is 2.26. The van der Waals surface area contributed by atoms with E-state index in [0.29, 0.717) is 12.0 Å². The van der Waals surface area contributed by atoms with Crippen molar-refractivity contribution in [3.63, 3.8) is 0 Å². The fraction of sp³-hybridized carbons (Fsp3) is 0.269. The number of ether oxygens (including phenoxy) is 1. The molecule has 2 atom stereocenters. The zero-order valence-electron chi connectivity index (χ0n) is 18.2. The van der Waals surface area contributed by atoms with E-state index < -0.39 is 12.2 Å². The Bertz CT molecular complexity index is 1120. The Balaban J connectivity index is 1.94. The van der Waals surface area contributed by atoms with Gasteiger partial charge in [0.2, 0.25) is 5.91 Å². The Morgan fingerprint density at radius 2 is 1.72 bits per heavy atom. The number of pyridine rings is 1. The van der Waals surface area contributed by atoms with E-state index in [1.54, 1.807) is 18.3 Å². The second-order valence-corrected chi connectivity index (χ2v) is 7.96. The fourth-order valence-electron chi connectivity index (χ4n) is 3.52. The van der Waals surface area contributed by atoms with Crippen LogP contribution in [0.15, 0.2) is 77.7 Å². The molecule has 3 rings (SSSR count). The van der Waals surface area contributed by atoms with Gasteiger partial charge in [0.15, 0.2) is 0 Å². The monoisotopic (exact) mass is 429 g/mol. The SMILES string of the molecule is CC(C)C[C@H](O[C@H](c1ccccc1)c1ccc(-c2ccc[nH]c2=O)cc1)C(=O)NCC#N. The summed E-state index contributed by atoms with van der Waals surface area (Å²) in [4.78, 5) is 27.5. The number of rotatable bonds is 9. The van der Waals surface area contributed by atoms with Crippen LogP contribution in [0.3, 0.4) is 0 Å². The summed E-state index contributed by atoms with van der Waals surface area (Å²) in [6.45, 7) is 3.99. The highest BCUT2D eigenvalue weighted by molar-refractivity contribution is 5.81. The summed E-state index contributed by atoms with van der Waals surface area (Å²) >= 11 is 0. The van der Waals surface area contributed by atoms with Crippen LogP contribution in [0.2, 0.25) is 0 Å². The Morgan fingerprint density at radius 3 is 2.34 bits per heavy atom. The Morgan fingerprint density at radius 1 is 1.03 bits per heavy atom. The lowest BCUT2D eigenvalue weighted by Gasteiger charge is -2.26. The summed E-state index contributed by atoms with van der Waals surface area (Å²) in [7, 11) is 0. The van der Waals surface area contributed by atoms with Gasteiger partial charge < -0.3 is 15.0 Å². The zero-order chi connectivity index (χ0) is 22.9. The third-order valence-electron chi connectivity index (χ3n) is 5.06. The van der Waals surface area contributed by atoms with Crippen molar-refractivity contribution in [1.29, 1.82) is 5.26 Å². The average molecular weight is 430 g/mol. The number of carbonyl (C=O) groups is 1. The number of aromatic amines is 1. The molecule has 0 bridgehead atoms. The van der Waals surface area contributed by atoms with Crippen LogP contribution in [0.1, 0.15) is 37.5 Å². The predicted octanol–water partition coefficient (Wildman–Crippen LogP) is 4.20. The highest BCUT2D eigenvalue weighted by Crippen LogP contribution is 2.30. The van der Waals surface area contributed by atoms with E-state index in [1.165, 1.54) is 0 Å². The van der Waals surface area contributed by atoms with Gasteiger partial charge >= 0.3 is 0 Å². The molecule has 0 spiro atoms. The van der Waals surface area contributed by atoms with E-state index in [1.807, 2.05) is 74.5 Å². The summed E-state index contributed by atoms with van der Waals surface area (Å²) in [6, 6.07) is 22.8. The molecule has 164 valence electrons. The van der Waals surface area contributed by atoms with Crippen LogP contribution in [-0.4, -0.2) is 23.5 Å². The number of hydrogen-bond donors (Lipinski definition) is 2. The Labute approximate surface area is 187 Å². The van der Waals surface area contributed by atoms with Crippen molar-refractivity contribution < 1.29 is 9.53 Å². The van der Waals surface area contributed by atoms with Crippen LogP contribution < -0.4 is 10.9 Å². The normalized spacial score (nSPS) is 12.7. The van der Waals surface area contributed by atoms with Crippen molar-refractivity contribution in [3.8, 4) is 17.2 Å². The fourth-order valence-corrected chi connectivity index (χ4v) is 3.52. The van der Waals surface area contributed by atoms with E-state index in [9.17, 15) is 9.59 Å². The summed E-state index contributed by atoms with van der Waals surface area (Å²) < 4.78 is 6.37. The van der Waals surface area contributed by atoms with Gasteiger partial charge in [-0.05, 0) is 41.2 Å². The summed E-state index contributed by atoms with van der Waals surface area (Å²) in [6.07, 6.45) is 0.949. The number of nitriles is 1. The summed E-state index contributed by atoms with van der Waals surface area (Å²) in [5.41, 5.74) is 3.02. The molecule has 0 fully saturated rings. The lowest BCUT2D eigenvalue weighted by Crippen LogP contribution is -2.38. The van der Waals surface area contributed by atoms with Crippen molar-refractivity contribution in [3.05, 3.63) is 94.4 Å². The molecule has 0 unspecified atom stereocenters. The average Bonchev–Trinajstić information content (AvgIpc) is 2.81. The number of H-pyrrole nitrogens is 1. The molecule has 1 heterocycles.